The van der Waals surface area contributed by atoms with Crippen molar-refractivity contribution in [2.45, 2.75) is 31.7 Å². The van der Waals surface area contributed by atoms with Crippen molar-refractivity contribution >= 4 is 17.6 Å². The van der Waals surface area contributed by atoms with Crippen LogP contribution in [-0.2, 0) is 4.79 Å². The largest absolute Gasteiger partial charge is 0.384 e. The molecule has 0 radical (unpaired) electrons. The summed E-state index contributed by atoms with van der Waals surface area (Å²) in [5, 5.41) is 13.4. The molecule has 2 aromatic rings. The van der Waals surface area contributed by atoms with Gasteiger partial charge in [-0.3, -0.25) is 15.0 Å². The van der Waals surface area contributed by atoms with Crippen molar-refractivity contribution in [2.24, 2.45) is 23.3 Å². The summed E-state index contributed by atoms with van der Waals surface area (Å²) in [5.74, 6) is 0.287. The third kappa shape index (κ3) is 6.15. The van der Waals surface area contributed by atoms with Gasteiger partial charge in [-0.25, -0.2) is 0 Å². The number of amidine groups is 1. The third-order valence-corrected chi connectivity index (χ3v) is 5.97. The lowest BCUT2D eigenvalue weighted by atomic mass is 9.82. The minimum Gasteiger partial charge on any atom is -0.384 e. The molecule has 1 saturated carbocycles. The number of nitrogens with one attached hydrogen (secondary N) is 3. The molecule has 0 aliphatic heterocycles. The van der Waals surface area contributed by atoms with Gasteiger partial charge in [-0.1, -0.05) is 42.5 Å². The Kier molecular flexibility index (Phi) is 7.78. The van der Waals surface area contributed by atoms with Crippen LogP contribution in [0.2, 0.25) is 0 Å². The molecule has 7 nitrogen and oxygen atoms in total. The number of nitrogens with two attached hydrogens (primary N) is 2. The molecular formula is C24H31N5O2. The lowest BCUT2D eigenvalue weighted by Crippen LogP contribution is -2.42. The predicted octanol–water partition coefficient (Wildman–Crippen LogP) is 2.32. The Morgan fingerprint density at radius 2 is 1.61 bits per heavy atom. The number of carbonyl (C=O) groups is 2. The molecule has 1 fully saturated rings. The van der Waals surface area contributed by atoms with Gasteiger partial charge < -0.3 is 22.1 Å². The Morgan fingerprint density at radius 1 is 0.968 bits per heavy atom. The summed E-state index contributed by atoms with van der Waals surface area (Å²) < 4.78 is 0. The van der Waals surface area contributed by atoms with Gasteiger partial charge in [0.2, 0.25) is 5.91 Å². The van der Waals surface area contributed by atoms with Crippen LogP contribution < -0.4 is 22.1 Å². The SMILES string of the molecule is N=C(N)c1cccc(C(=O)N[C@H](C(=O)NCC2CCC(CN)CC2)c2ccccc2)c1. The van der Waals surface area contributed by atoms with E-state index in [1.54, 1.807) is 24.3 Å². The average molecular weight is 422 g/mol. The Hall–Kier alpha value is -3.19. The van der Waals surface area contributed by atoms with E-state index in [1.807, 2.05) is 30.3 Å². The molecule has 0 bridgehead atoms. The van der Waals surface area contributed by atoms with Crippen molar-refractivity contribution in [3.63, 3.8) is 0 Å². The van der Waals surface area contributed by atoms with Crippen LogP contribution >= 0.6 is 0 Å². The third-order valence-electron chi connectivity index (χ3n) is 5.97. The van der Waals surface area contributed by atoms with Gasteiger partial charge in [0.25, 0.3) is 5.91 Å². The quantitative estimate of drug-likeness (QED) is 0.330. The Balaban J connectivity index is 1.68. The van der Waals surface area contributed by atoms with E-state index in [0.717, 1.165) is 32.2 Å². The molecule has 164 valence electrons. The summed E-state index contributed by atoms with van der Waals surface area (Å²) in [6.07, 6.45) is 4.31. The first-order valence-corrected chi connectivity index (χ1v) is 10.8. The van der Waals surface area contributed by atoms with Crippen LogP contribution in [0.1, 0.15) is 53.2 Å². The van der Waals surface area contributed by atoms with Gasteiger partial charge in [-0.05, 0) is 61.8 Å². The summed E-state index contributed by atoms with van der Waals surface area (Å²) in [6, 6.07) is 14.9. The van der Waals surface area contributed by atoms with E-state index in [1.165, 1.54) is 0 Å². The van der Waals surface area contributed by atoms with Crippen molar-refractivity contribution in [2.75, 3.05) is 13.1 Å². The van der Waals surface area contributed by atoms with Crippen molar-refractivity contribution in [1.82, 2.24) is 10.6 Å². The number of amides is 2. The van der Waals surface area contributed by atoms with Crippen molar-refractivity contribution in [3.05, 3.63) is 71.3 Å². The average Bonchev–Trinajstić information content (AvgIpc) is 2.81. The Bertz CT molecular complexity index is 907. The first kappa shape index (κ1) is 22.5. The first-order valence-electron chi connectivity index (χ1n) is 10.8. The maximum absolute atomic E-state index is 13.0. The molecule has 0 unspecified atom stereocenters. The van der Waals surface area contributed by atoms with Gasteiger partial charge in [-0.15, -0.1) is 0 Å². The van der Waals surface area contributed by atoms with E-state index in [0.29, 0.717) is 35.1 Å². The zero-order valence-corrected chi connectivity index (χ0v) is 17.6. The summed E-state index contributed by atoms with van der Waals surface area (Å²) in [7, 11) is 0. The highest BCUT2D eigenvalue weighted by molar-refractivity contribution is 6.01. The number of hydrogen-bond acceptors (Lipinski definition) is 4. The van der Waals surface area contributed by atoms with Crippen LogP contribution in [0.25, 0.3) is 0 Å². The highest BCUT2D eigenvalue weighted by atomic mass is 16.2. The highest BCUT2D eigenvalue weighted by Gasteiger charge is 2.25. The molecule has 31 heavy (non-hydrogen) atoms. The van der Waals surface area contributed by atoms with E-state index in [-0.39, 0.29) is 11.7 Å². The van der Waals surface area contributed by atoms with Crippen molar-refractivity contribution in [3.8, 4) is 0 Å². The Morgan fingerprint density at radius 3 is 2.26 bits per heavy atom. The van der Waals surface area contributed by atoms with Crippen LogP contribution in [0.3, 0.4) is 0 Å². The molecule has 0 heterocycles. The summed E-state index contributed by atoms with van der Waals surface area (Å²) in [5.41, 5.74) is 12.8. The van der Waals surface area contributed by atoms with Crippen LogP contribution in [0.4, 0.5) is 0 Å². The Labute approximate surface area is 183 Å². The zero-order chi connectivity index (χ0) is 22.2. The minimum atomic E-state index is -0.810. The van der Waals surface area contributed by atoms with Gasteiger partial charge in [0.05, 0.1) is 0 Å². The highest BCUT2D eigenvalue weighted by Crippen LogP contribution is 2.27. The van der Waals surface area contributed by atoms with Gasteiger partial charge in [0, 0.05) is 17.7 Å². The number of benzene rings is 2. The van der Waals surface area contributed by atoms with Gasteiger partial charge in [-0.2, -0.15) is 0 Å². The molecular weight excluding hydrogens is 390 g/mol. The molecule has 2 amide bonds. The van der Waals surface area contributed by atoms with E-state index < -0.39 is 11.9 Å². The van der Waals surface area contributed by atoms with Crippen LogP contribution in [-0.4, -0.2) is 30.7 Å². The van der Waals surface area contributed by atoms with E-state index in [4.69, 9.17) is 16.9 Å². The molecule has 3 rings (SSSR count). The van der Waals surface area contributed by atoms with Crippen LogP contribution in [0.15, 0.2) is 54.6 Å². The summed E-state index contributed by atoms with van der Waals surface area (Å²) in [4.78, 5) is 25.9. The van der Waals surface area contributed by atoms with Crippen LogP contribution in [0, 0.1) is 17.2 Å². The predicted molar refractivity (Wildman–Crippen MR) is 122 cm³/mol. The number of carbonyl (C=O) groups excluding carboxylic acids is 2. The number of rotatable bonds is 8. The molecule has 7 N–H and O–H groups in total. The lowest BCUT2D eigenvalue weighted by molar-refractivity contribution is -0.123. The second-order valence-electron chi connectivity index (χ2n) is 8.18. The topological polar surface area (TPSA) is 134 Å². The monoisotopic (exact) mass is 421 g/mol. The van der Waals surface area contributed by atoms with E-state index >= 15 is 0 Å². The molecule has 1 atom stereocenters. The molecule has 1 aliphatic rings. The van der Waals surface area contributed by atoms with Gasteiger partial charge in [0.15, 0.2) is 0 Å². The number of nitrogen functional groups attached to an aromatic ring is 1. The molecule has 0 saturated heterocycles. The molecule has 7 heteroatoms. The summed E-state index contributed by atoms with van der Waals surface area (Å²) in [6.45, 7) is 1.32. The molecule has 0 aromatic heterocycles. The van der Waals surface area contributed by atoms with Crippen molar-refractivity contribution in [1.29, 1.82) is 5.41 Å². The maximum atomic E-state index is 13.0. The molecule has 2 aromatic carbocycles. The minimum absolute atomic E-state index is 0.114. The van der Waals surface area contributed by atoms with Gasteiger partial charge in [0.1, 0.15) is 11.9 Å². The van der Waals surface area contributed by atoms with E-state index in [9.17, 15) is 9.59 Å². The fourth-order valence-electron chi connectivity index (χ4n) is 4.01. The van der Waals surface area contributed by atoms with Crippen molar-refractivity contribution < 1.29 is 9.59 Å². The molecule has 1 aliphatic carbocycles. The second kappa shape index (κ2) is 10.7. The fraction of sp³-hybridized carbons (Fsp3) is 0.375. The van der Waals surface area contributed by atoms with Crippen LogP contribution in [0.5, 0.6) is 0 Å². The number of hydrogen-bond donors (Lipinski definition) is 5. The van der Waals surface area contributed by atoms with E-state index in [2.05, 4.69) is 10.6 Å². The normalized spacial score (nSPS) is 19.3. The molecule has 0 spiro atoms. The fourth-order valence-corrected chi connectivity index (χ4v) is 4.01. The maximum Gasteiger partial charge on any atom is 0.252 e. The zero-order valence-electron chi connectivity index (χ0n) is 17.6. The lowest BCUT2D eigenvalue weighted by Gasteiger charge is -2.28. The first-order chi connectivity index (χ1) is 15.0. The smallest absolute Gasteiger partial charge is 0.252 e. The summed E-state index contributed by atoms with van der Waals surface area (Å²) >= 11 is 0. The second-order valence-corrected chi connectivity index (χ2v) is 8.18. The standard InChI is InChI=1S/C24H31N5O2/c25-14-16-9-11-17(12-10-16)15-28-24(31)21(18-5-2-1-3-6-18)29-23(30)20-8-4-7-19(13-20)22(26)27/h1-8,13,16-17,21H,9-12,14-15,25H2,(H3,26,27)(H,28,31)(H,29,30)/t16?,17?,21-/m0/s1. The van der Waals surface area contributed by atoms with Gasteiger partial charge >= 0.3 is 0 Å².